The molecule has 17 heavy (non-hydrogen) atoms. The molecule has 3 nitrogen and oxygen atoms in total. The fourth-order valence-electron chi connectivity index (χ4n) is 2.30. The topological polar surface area (TPSA) is 32.3 Å². The van der Waals surface area contributed by atoms with Gasteiger partial charge < -0.3 is 10.2 Å². The predicted octanol–water partition coefficient (Wildman–Crippen LogP) is 2.56. The minimum Gasteiger partial charge on any atom is -0.342 e. The number of carbonyl (C=O) groups excluding carboxylic acids is 1. The summed E-state index contributed by atoms with van der Waals surface area (Å²) >= 11 is 0. The predicted molar refractivity (Wildman–Crippen MR) is 72.1 cm³/mol. The highest BCUT2D eigenvalue weighted by atomic mass is 16.2. The van der Waals surface area contributed by atoms with Gasteiger partial charge in [-0.25, -0.2) is 0 Å². The van der Waals surface area contributed by atoms with Gasteiger partial charge in [-0.3, -0.25) is 4.79 Å². The maximum atomic E-state index is 11.8. The van der Waals surface area contributed by atoms with Crippen LogP contribution in [-0.4, -0.2) is 37.0 Å². The van der Waals surface area contributed by atoms with E-state index in [2.05, 4.69) is 12.2 Å². The van der Waals surface area contributed by atoms with Crippen molar-refractivity contribution in [2.24, 2.45) is 0 Å². The van der Waals surface area contributed by atoms with E-state index in [1.54, 1.807) is 0 Å². The first-order valence-electron chi connectivity index (χ1n) is 7.33. The number of amides is 1. The molecule has 0 aliphatic carbocycles. The normalized spacial score (nSPS) is 16.2. The highest BCUT2D eigenvalue weighted by Gasteiger charge is 2.15. The maximum absolute atomic E-state index is 11.8. The smallest absolute Gasteiger partial charge is 0.236 e. The van der Waals surface area contributed by atoms with Gasteiger partial charge in [0.15, 0.2) is 0 Å². The van der Waals surface area contributed by atoms with Crippen LogP contribution in [0.4, 0.5) is 0 Å². The molecule has 1 N–H and O–H groups in total. The van der Waals surface area contributed by atoms with Crippen LogP contribution in [0.25, 0.3) is 0 Å². The van der Waals surface area contributed by atoms with E-state index < -0.39 is 0 Å². The summed E-state index contributed by atoms with van der Waals surface area (Å²) in [5.41, 5.74) is 0. The molecule has 0 bridgehead atoms. The van der Waals surface area contributed by atoms with Crippen LogP contribution in [-0.2, 0) is 4.79 Å². The van der Waals surface area contributed by atoms with Gasteiger partial charge in [-0.1, -0.05) is 32.6 Å². The summed E-state index contributed by atoms with van der Waals surface area (Å²) in [6.45, 7) is 5.70. The molecule has 1 aliphatic rings. The van der Waals surface area contributed by atoms with Crippen LogP contribution in [0.1, 0.15) is 58.3 Å². The molecule has 1 amide bonds. The third-order valence-corrected chi connectivity index (χ3v) is 3.44. The summed E-state index contributed by atoms with van der Waals surface area (Å²) < 4.78 is 0. The van der Waals surface area contributed by atoms with Gasteiger partial charge in [0.1, 0.15) is 0 Å². The summed E-state index contributed by atoms with van der Waals surface area (Å²) in [7, 11) is 0. The maximum Gasteiger partial charge on any atom is 0.236 e. The number of piperidine rings is 1. The Kier molecular flexibility index (Phi) is 8.06. The van der Waals surface area contributed by atoms with Crippen molar-refractivity contribution >= 4 is 5.91 Å². The Balaban J connectivity index is 1.92. The number of hydrogen-bond donors (Lipinski definition) is 1. The lowest BCUT2D eigenvalue weighted by Crippen LogP contribution is -2.41. The van der Waals surface area contributed by atoms with Crippen molar-refractivity contribution in [1.82, 2.24) is 10.2 Å². The Hall–Kier alpha value is -0.570. The van der Waals surface area contributed by atoms with Gasteiger partial charge in [0.2, 0.25) is 5.91 Å². The van der Waals surface area contributed by atoms with E-state index in [4.69, 9.17) is 0 Å². The summed E-state index contributed by atoms with van der Waals surface area (Å²) in [6.07, 6.45) is 10.1. The second kappa shape index (κ2) is 9.46. The van der Waals surface area contributed by atoms with Gasteiger partial charge in [-0.15, -0.1) is 0 Å². The molecule has 0 unspecified atom stereocenters. The van der Waals surface area contributed by atoms with Crippen LogP contribution in [0.5, 0.6) is 0 Å². The van der Waals surface area contributed by atoms with Gasteiger partial charge in [-0.2, -0.15) is 0 Å². The molecular formula is C14H28N2O. The number of carbonyl (C=O) groups is 1. The molecule has 1 heterocycles. The Morgan fingerprint density at radius 2 is 1.76 bits per heavy atom. The lowest BCUT2D eigenvalue weighted by Gasteiger charge is -2.26. The van der Waals surface area contributed by atoms with Gasteiger partial charge in [0, 0.05) is 13.1 Å². The van der Waals surface area contributed by atoms with Crippen LogP contribution in [0.3, 0.4) is 0 Å². The summed E-state index contributed by atoms with van der Waals surface area (Å²) in [5, 5.41) is 3.27. The monoisotopic (exact) mass is 240 g/mol. The van der Waals surface area contributed by atoms with Crippen LogP contribution in [0.2, 0.25) is 0 Å². The quantitative estimate of drug-likeness (QED) is 0.661. The Morgan fingerprint density at radius 3 is 2.47 bits per heavy atom. The average Bonchev–Trinajstić information content (AvgIpc) is 2.38. The summed E-state index contributed by atoms with van der Waals surface area (Å²) in [6, 6.07) is 0. The zero-order valence-corrected chi connectivity index (χ0v) is 11.3. The Labute approximate surface area is 106 Å². The zero-order chi connectivity index (χ0) is 12.3. The molecule has 3 heteroatoms. The standard InChI is InChI=1S/C14H28N2O/c1-2-3-4-5-7-10-15-13-14(17)16-11-8-6-9-12-16/h15H,2-13H2,1H3. The first-order chi connectivity index (χ1) is 8.34. The Bertz CT molecular complexity index is 200. The molecule has 1 fully saturated rings. The van der Waals surface area contributed by atoms with Crippen LogP contribution in [0.15, 0.2) is 0 Å². The molecule has 0 aromatic heterocycles. The molecule has 0 aromatic carbocycles. The van der Waals surface area contributed by atoms with Gasteiger partial charge >= 0.3 is 0 Å². The van der Waals surface area contributed by atoms with Gasteiger partial charge in [0.05, 0.1) is 6.54 Å². The number of likely N-dealkylation sites (tertiary alicyclic amines) is 1. The number of rotatable bonds is 8. The van der Waals surface area contributed by atoms with Crippen LogP contribution < -0.4 is 5.32 Å². The van der Waals surface area contributed by atoms with E-state index in [0.29, 0.717) is 12.5 Å². The largest absolute Gasteiger partial charge is 0.342 e. The molecule has 100 valence electrons. The second-order valence-electron chi connectivity index (χ2n) is 5.03. The van der Waals surface area contributed by atoms with E-state index in [9.17, 15) is 4.79 Å². The molecule has 0 aromatic rings. The first kappa shape index (κ1) is 14.5. The molecule has 1 saturated heterocycles. The van der Waals surface area contributed by atoms with Crippen molar-refractivity contribution < 1.29 is 4.79 Å². The summed E-state index contributed by atoms with van der Waals surface area (Å²) in [5.74, 6) is 0.290. The fraction of sp³-hybridized carbons (Fsp3) is 0.929. The van der Waals surface area contributed by atoms with E-state index >= 15 is 0 Å². The van der Waals surface area contributed by atoms with E-state index in [1.165, 1.54) is 51.4 Å². The number of nitrogens with zero attached hydrogens (tertiary/aromatic N) is 1. The van der Waals surface area contributed by atoms with Crippen molar-refractivity contribution in [3.63, 3.8) is 0 Å². The van der Waals surface area contributed by atoms with Crippen molar-refractivity contribution in [1.29, 1.82) is 0 Å². The lowest BCUT2D eigenvalue weighted by atomic mass is 10.1. The lowest BCUT2D eigenvalue weighted by molar-refractivity contribution is -0.131. The number of nitrogens with one attached hydrogen (secondary N) is 1. The molecule has 1 rings (SSSR count). The number of unbranched alkanes of at least 4 members (excludes halogenated alkanes) is 4. The average molecular weight is 240 g/mol. The minimum atomic E-state index is 0.290. The van der Waals surface area contributed by atoms with Gasteiger partial charge in [-0.05, 0) is 32.2 Å². The van der Waals surface area contributed by atoms with Gasteiger partial charge in [0.25, 0.3) is 0 Å². The molecule has 0 saturated carbocycles. The highest BCUT2D eigenvalue weighted by Crippen LogP contribution is 2.08. The Morgan fingerprint density at radius 1 is 1.06 bits per heavy atom. The second-order valence-corrected chi connectivity index (χ2v) is 5.03. The molecule has 0 spiro atoms. The van der Waals surface area contributed by atoms with E-state index in [0.717, 1.165) is 19.6 Å². The molecule has 0 radical (unpaired) electrons. The highest BCUT2D eigenvalue weighted by molar-refractivity contribution is 5.78. The van der Waals surface area contributed by atoms with Crippen molar-refractivity contribution in [3.8, 4) is 0 Å². The van der Waals surface area contributed by atoms with Crippen molar-refractivity contribution in [2.75, 3.05) is 26.2 Å². The molecular weight excluding hydrogens is 212 g/mol. The fourth-order valence-corrected chi connectivity index (χ4v) is 2.30. The van der Waals surface area contributed by atoms with Crippen molar-refractivity contribution in [2.45, 2.75) is 58.3 Å². The number of hydrogen-bond acceptors (Lipinski definition) is 2. The molecule has 0 atom stereocenters. The third-order valence-electron chi connectivity index (χ3n) is 3.44. The molecule has 1 aliphatic heterocycles. The van der Waals surface area contributed by atoms with E-state index in [1.807, 2.05) is 4.90 Å². The van der Waals surface area contributed by atoms with Crippen molar-refractivity contribution in [3.05, 3.63) is 0 Å². The van der Waals surface area contributed by atoms with E-state index in [-0.39, 0.29) is 0 Å². The minimum absolute atomic E-state index is 0.290. The zero-order valence-electron chi connectivity index (χ0n) is 11.3. The van der Waals surface area contributed by atoms with Crippen LogP contribution in [0, 0.1) is 0 Å². The third kappa shape index (κ3) is 6.67. The van der Waals surface area contributed by atoms with Crippen LogP contribution >= 0.6 is 0 Å². The first-order valence-corrected chi connectivity index (χ1v) is 7.33. The summed E-state index contributed by atoms with van der Waals surface area (Å²) in [4.78, 5) is 13.8. The SMILES string of the molecule is CCCCCCCNCC(=O)N1CCCCC1.